The molecule has 0 aliphatic rings. The van der Waals surface area contributed by atoms with Crippen LogP contribution in [0.4, 0.5) is 10.5 Å². The number of allylic oxidation sites excluding steroid dienone is 1. The van der Waals surface area contributed by atoms with E-state index in [1.54, 1.807) is 24.4 Å². The Hall–Kier alpha value is -1.19. The van der Waals surface area contributed by atoms with E-state index < -0.39 is 0 Å². The molecule has 0 radical (unpaired) electrons. The van der Waals surface area contributed by atoms with Gasteiger partial charge in [0.2, 0.25) is 0 Å². The number of hydrogen-bond acceptors (Lipinski definition) is 1. The Labute approximate surface area is 124 Å². The van der Waals surface area contributed by atoms with Crippen LogP contribution in [0.5, 0.6) is 0 Å². The van der Waals surface area contributed by atoms with Crippen molar-refractivity contribution in [2.75, 3.05) is 5.32 Å². The Morgan fingerprint density at radius 2 is 1.89 bits per heavy atom. The van der Waals surface area contributed by atoms with Crippen LogP contribution in [0.15, 0.2) is 30.0 Å². The van der Waals surface area contributed by atoms with E-state index in [9.17, 15) is 4.79 Å². The van der Waals surface area contributed by atoms with Gasteiger partial charge in [-0.25, -0.2) is 4.79 Å². The van der Waals surface area contributed by atoms with Gasteiger partial charge >= 0.3 is 6.03 Å². The molecule has 0 unspecified atom stereocenters. The van der Waals surface area contributed by atoms with Gasteiger partial charge in [0, 0.05) is 11.2 Å². The Kier molecular flexibility index (Phi) is 5.27. The lowest BCUT2D eigenvalue weighted by molar-refractivity contribution is 0.255. The normalized spacial score (nSPS) is 12.2. The van der Waals surface area contributed by atoms with E-state index in [0.29, 0.717) is 15.7 Å². The van der Waals surface area contributed by atoms with Crippen molar-refractivity contribution in [1.82, 2.24) is 5.32 Å². The summed E-state index contributed by atoms with van der Waals surface area (Å²) in [4.78, 5) is 11.7. The highest BCUT2D eigenvalue weighted by Gasteiger charge is 2.12. The van der Waals surface area contributed by atoms with Crippen molar-refractivity contribution >= 4 is 34.9 Å². The van der Waals surface area contributed by atoms with Gasteiger partial charge in [-0.3, -0.25) is 0 Å². The molecular formula is C14H18Cl2N2O. The maximum atomic E-state index is 11.7. The van der Waals surface area contributed by atoms with Gasteiger partial charge in [-0.2, -0.15) is 0 Å². The molecule has 19 heavy (non-hydrogen) atoms. The predicted molar refractivity (Wildman–Crippen MR) is 81.8 cm³/mol. The Bertz CT molecular complexity index is 505. The minimum Gasteiger partial charge on any atom is -0.314 e. The fourth-order valence-electron chi connectivity index (χ4n) is 1.14. The molecule has 5 heteroatoms. The molecule has 0 saturated heterocycles. The van der Waals surface area contributed by atoms with Crippen LogP contribution in [0, 0.1) is 5.41 Å². The number of urea groups is 1. The van der Waals surface area contributed by atoms with Crippen molar-refractivity contribution in [2.45, 2.75) is 27.7 Å². The lowest BCUT2D eigenvalue weighted by Crippen LogP contribution is -2.25. The Balaban J connectivity index is 2.66. The van der Waals surface area contributed by atoms with Crippen LogP contribution in [0.25, 0.3) is 0 Å². The number of benzene rings is 1. The summed E-state index contributed by atoms with van der Waals surface area (Å²) in [7, 11) is 0. The molecule has 1 aromatic carbocycles. The van der Waals surface area contributed by atoms with Gasteiger partial charge in [-0.05, 0) is 30.5 Å². The van der Waals surface area contributed by atoms with Gasteiger partial charge in [0.15, 0.2) is 0 Å². The number of rotatable bonds is 2. The molecule has 0 atom stereocenters. The first-order valence-corrected chi connectivity index (χ1v) is 6.65. The molecule has 2 amide bonds. The third kappa shape index (κ3) is 5.13. The average molecular weight is 301 g/mol. The van der Waals surface area contributed by atoms with E-state index in [1.807, 2.05) is 6.92 Å². The first kappa shape index (κ1) is 15.9. The van der Waals surface area contributed by atoms with Crippen LogP contribution in [0.1, 0.15) is 27.7 Å². The molecule has 0 aromatic heterocycles. The molecule has 104 valence electrons. The molecule has 0 aliphatic heterocycles. The molecular weight excluding hydrogens is 283 g/mol. The number of carbonyl (C=O) groups is 1. The van der Waals surface area contributed by atoms with Crippen molar-refractivity contribution in [2.24, 2.45) is 5.41 Å². The Morgan fingerprint density at radius 1 is 1.26 bits per heavy atom. The van der Waals surface area contributed by atoms with Crippen LogP contribution in [0.3, 0.4) is 0 Å². The molecule has 2 N–H and O–H groups in total. The molecule has 0 spiro atoms. The van der Waals surface area contributed by atoms with Crippen molar-refractivity contribution in [3.05, 3.63) is 40.0 Å². The van der Waals surface area contributed by atoms with E-state index in [0.717, 1.165) is 5.57 Å². The minimum absolute atomic E-state index is 0.0190. The number of amides is 2. The SMILES string of the molecule is C/C(=C\NC(=O)Nc1ccc(Cl)cc1Cl)C(C)(C)C. The second-order valence-corrected chi connectivity index (χ2v) is 6.14. The lowest BCUT2D eigenvalue weighted by atomic mass is 9.88. The number of nitrogens with one attached hydrogen (secondary N) is 2. The van der Waals surface area contributed by atoms with E-state index >= 15 is 0 Å². The Morgan fingerprint density at radius 3 is 2.42 bits per heavy atom. The van der Waals surface area contributed by atoms with Gasteiger partial charge in [0.05, 0.1) is 10.7 Å². The third-order valence-electron chi connectivity index (χ3n) is 2.78. The van der Waals surface area contributed by atoms with Crippen molar-refractivity contribution < 1.29 is 4.79 Å². The standard InChI is InChI=1S/C14H18Cl2N2O/c1-9(14(2,3)4)8-17-13(19)18-12-6-5-10(15)7-11(12)16/h5-8H,1-4H3,(H2,17,18,19)/b9-8+. The first-order chi connectivity index (χ1) is 8.70. The zero-order chi connectivity index (χ0) is 14.6. The molecule has 0 aliphatic carbocycles. The highest BCUT2D eigenvalue weighted by Crippen LogP contribution is 2.25. The fourth-order valence-corrected chi connectivity index (χ4v) is 1.60. The van der Waals surface area contributed by atoms with Crippen LogP contribution in [-0.2, 0) is 0 Å². The predicted octanol–water partition coefficient (Wildman–Crippen LogP) is 5.06. The highest BCUT2D eigenvalue weighted by atomic mass is 35.5. The van der Waals surface area contributed by atoms with E-state index in [-0.39, 0.29) is 11.4 Å². The zero-order valence-electron chi connectivity index (χ0n) is 11.5. The van der Waals surface area contributed by atoms with Gasteiger partial charge in [0.25, 0.3) is 0 Å². The van der Waals surface area contributed by atoms with Crippen LogP contribution < -0.4 is 10.6 Å². The molecule has 0 bridgehead atoms. The largest absolute Gasteiger partial charge is 0.323 e. The number of anilines is 1. The average Bonchev–Trinajstić information content (AvgIpc) is 2.28. The van der Waals surface area contributed by atoms with Crippen molar-refractivity contribution in [3.63, 3.8) is 0 Å². The summed E-state index contributed by atoms with van der Waals surface area (Å²) in [6, 6.07) is 4.56. The lowest BCUT2D eigenvalue weighted by Gasteiger charge is -2.19. The first-order valence-electron chi connectivity index (χ1n) is 5.90. The molecule has 1 rings (SSSR count). The molecule has 0 heterocycles. The minimum atomic E-state index is -0.340. The van der Waals surface area contributed by atoms with Crippen molar-refractivity contribution in [1.29, 1.82) is 0 Å². The summed E-state index contributed by atoms with van der Waals surface area (Å²) < 4.78 is 0. The van der Waals surface area contributed by atoms with Gasteiger partial charge in [-0.1, -0.05) is 49.5 Å². The maximum absolute atomic E-state index is 11.7. The highest BCUT2D eigenvalue weighted by molar-refractivity contribution is 6.36. The van der Waals surface area contributed by atoms with Crippen LogP contribution >= 0.6 is 23.2 Å². The summed E-state index contributed by atoms with van der Waals surface area (Å²) in [5.74, 6) is 0. The maximum Gasteiger partial charge on any atom is 0.323 e. The van der Waals surface area contributed by atoms with Crippen LogP contribution in [-0.4, -0.2) is 6.03 Å². The smallest absolute Gasteiger partial charge is 0.314 e. The molecule has 1 aromatic rings. The molecule has 0 saturated carbocycles. The summed E-state index contributed by atoms with van der Waals surface area (Å²) >= 11 is 11.8. The summed E-state index contributed by atoms with van der Waals surface area (Å²) in [6.45, 7) is 8.20. The summed E-state index contributed by atoms with van der Waals surface area (Å²) in [5, 5.41) is 6.26. The summed E-state index contributed by atoms with van der Waals surface area (Å²) in [5.41, 5.74) is 1.61. The fraction of sp³-hybridized carbons (Fsp3) is 0.357. The molecule has 0 fully saturated rings. The number of halogens is 2. The van der Waals surface area contributed by atoms with Crippen LogP contribution in [0.2, 0.25) is 10.0 Å². The van der Waals surface area contributed by atoms with Crippen molar-refractivity contribution in [3.8, 4) is 0 Å². The van der Waals surface area contributed by atoms with Gasteiger partial charge < -0.3 is 10.6 Å². The second kappa shape index (κ2) is 6.31. The quantitative estimate of drug-likeness (QED) is 0.787. The number of hydrogen-bond donors (Lipinski definition) is 2. The summed E-state index contributed by atoms with van der Waals surface area (Å²) in [6.07, 6.45) is 1.69. The monoisotopic (exact) mass is 300 g/mol. The van der Waals surface area contributed by atoms with Gasteiger partial charge in [0.1, 0.15) is 0 Å². The van der Waals surface area contributed by atoms with E-state index in [4.69, 9.17) is 23.2 Å². The number of carbonyl (C=O) groups excluding carboxylic acids is 1. The van der Waals surface area contributed by atoms with E-state index in [1.165, 1.54) is 0 Å². The topological polar surface area (TPSA) is 41.1 Å². The zero-order valence-corrected chi connectivity index (χ0v) is 13.0. The third-order valence-corrected chi connectivity index (χ3v) is 3.33. The van der Waals surface area contributed by atoms with E-state index in [2.05, 4.69) is 31.4 Å². The van der Waals surface area contributed by atoms with Gasteiger partial charge in [-0.15, -0.1) is 0 Å². The molecule has 3 nitrogen and oxygen atoms in total. The second-order valence-electron chi connectivity index (χ2n) is 5.30.